The summed E-state index contributed by atoms with van der Waals surface area (Å²) in [5.74, 6) is 0.260. The predicted octanol–water partition coefficient (Wildman–Crippen LogP) is 1.86. The highest BCUT2D eigenvalue weighted by atomic mass is 19.1. The Morgan fingerprint density at radius 2 is 2.08 bits per heavy atom. The van der Waals surface area contributed by atoms with E-state index < -0.39 is 0 Å². The van der Waals surface area contributed by atoms with E-state index in [1.165, 1.54) is 12.1 Å². The molecule has 2 aromatic carbocycles. The molecule has 0 aliphatic rings. The van der Waals surface area contributed by atoms with E-state index >= 15 is 0 Å². The third kappa shape index (κ3) is 4.13. The number of imidazole rings is 1. The first kappa shape index (κ1) is 16.9. The zero-order valence-electron chi connectivity index (χ0n) is 13.5. The standard InChI is InChI=1S/C18H18FN3O3/c19-13-4-3-5-14(10-13)25-9-8-20-18(24)11-22-16-7-2-1-6-15(16)21-17(22)12-23/h1-7,10,23H,8-9,11-12H2,(H,20,24). The molecule has 1 heterocycles. The quantitative estimate of drug-likeness (QED) is 0.642. The van der Waals surface area contributed by atoms with Gasteiger partial charge in [0, 0.05) is 6.07 Å². The number of aromatic nitrogens is 2. The van der Waals surface area contributed by atoms with Crippen molar-refractivity contribution in [2.75, 3.05) is 13.2 Å². The second kappa shape index (κ2) is 7.76. The van der Waals surface area contributed by atoms with Crippen LogP contribution < -0.4 is 10.1 Å². The third-order valence-corrected chi connectivity index (χ3v) is 3.67. The van der Waals surface area contributed by atoms with Crippen LogP contribution in [0.5, 0.6) is 5.75 Å². The van der Waals surface area contributed by atoms with Crippen LogP contribution in [0, 0.1) is 5.82 Å². The molecule has 0 unspecified atom stereocenters. The fourth-order valence-electron chi connectivity index (χ4n) is 2.54. The average Bonchev–Trinajstić information content (AvgIpc) is 2.97. The van der Waals surface area contributed by atoms with Gasteiger partial charge in [0.25, 0.3) is 0 Å². The van der Waals surface area contributed by atoms with Crippen LogP contribution in [0.25, 0.3) is 11.0 Å². The molecule has 130 valence electrons. The number of rotatable bonds is 7. The van der Waals surface area contributed by atoms with Gasteiger partial charge >= 0.3 is 0 Å². The number of carbonyl (C=O) groups excluding carboxylic acids is 1. The zero-order valence-corrected chi connectivity index (χ0v) is 13.5. The highest BCUT2D eigenvalue weighted by Gasteiger charge is 2.12. The molecule has 0 aliphatic carbocycles. The van der Waals surface area contributed by atoms with Crippen molar-refractivity contribution in [1.29, 1.82) is 0 Å². The molecule has 0 atom stereocenters. The number of hydrogen-bond acceptors (Lipinski definition) is 4. The van der Waals surface area contributed by atoms with Crippen molar-refractivity contribution in [3.8, 4) is 5.75 Å². The van der Waals surface area contributed by atoms with Crippen molar-refractivity contribution in [3.63, 3.8) is 0 Å². The van der Waals surface area contributed by atoms with Gasteiger partial charge in [0.2, 0.25) is 5.91 Å². The molecule has 0 saturated carbocycles. The maximum atomic E-state index is 13.0. The van der Waals surface area contributed by atoms with E-state index in [1.54, 1.807) is 16.7 Å². The molecule has 2 N–H and O–H groups in total. The number of aliphatic hydroxyl groups is 1. The molecule has 0 aliphatic heterocycles. The summed E-state index contributed by atoms with van der Waals surface area (Å²) in [6.07, 6.45) is 0. The summed E-state index contributed by atoms with van der Waals surface area (Å²) in [5.41, 5.74) is 1.52. The molecule has 3 aromatic rings. The Balaban J connectivity index is 1.54. The maximum Gasteiger partial charge on any atom is 0.240 e. The molecule has 1 amide bonds. The summed E-state index contributed by atoms with van der Waals surface area (Å²) in [6, 6.07) is 13.2. The number of carbonyl (C=O) groups is 1. The molecular formula is C18H18FN3O3. The first-order chi connectivity index (χ1) is 12.2. The van der Waals surface area contributed by atoms with Crippen LogP contribution in [0.15, 0.2) is 48.5 Å². The highest BCUT2D eigenvalue weighted by molar-refractivity contribution is 5.81. The van der Waals surface area contributed by atoms with E-state index in [2.05, 4.69) is 10.3 Å². The lowest BCUT2D eigenvalue weighted by molar-refractivity contribution is -0.121. The number of amides is 1. The van der Waals surface area contributed by atoms with Crippen molar-refractivity contribution in [1.82, 2.24) is 14.9 Å². The smallest absolute Gasteiger partial charge is 0.240 e. The fourth-order valence-corrected chi connectivity index (χ4v) is 2.54. The highest BCUT2D eigenvalue weighted by Crippen LogP contribution is 2.16. The lowest BCUT2D eigenvalue weighted by Crippen LogP contribution is -2.31. The number of halogens is 1. The summed E-state index contributed by atoms with van der Waals surface area (Å²) in [6.45, 7) is 0.324. The summed E-state index contributed by atoms with van der Waals surface area (Å²) < 4.78 is 20.1. The molecule has 3 rings (SSSR count). The Bertz CT molecular complexity index is 879. The first-order valence-corrected chi connectivity index (χ1v) is 7.87. The molecule has 0 spiro atoms. The van der Waals surface area contributed by atoms with E-state index in [4.69, 9.17) is 4.74 Å². The van der Waals surface area contributed by atoms with Crippen LogP contribution in [0.2, 0.25) is 0 Å². The van der Waals surface area contributed by atoms with Crippen molar-refractivity contribution in [3.05, 3.63) is 60.2 Å². The lowest BCUT2D eigenvalue weighted by Gasteiger charge is -2.10. The Morgan fingerprint density at radius 3 is 2.88 bits per heavy atom. The van der Waals surface area contributed by atoms with Gasteiger partial charge in [-0.15, -0.1) is 0 Å². The van der Waals surface area contributed by atoms with E-state index in [0.29, 0.717) is 11.6 Å². The second-order valence-corrected chi connectivity index (χ2v) is 5.42. The topological polar surface area (TPSA) is 76.4 Å². The summed E-state index contributed by atoms with van der Waals surface area (Å²) in [5, 5.41) is 12.2. The van der Waals surface area contributed by atoms with Crippen molar-refractivity contribution in [2.24, 2.45) is 0 Å². The molecule has 25 heavy (non-hydrogen) atoms. The molecule has 0 radical (unpaired) electrons. The summed E-state index contributed by atoms with van der Waals surface area (Å²) in [4.78, 5) is 16.4. The van der Waals surface area contributed by atoms with Gasteiger partial charge in [-0.1, -0.05) is 18.2 Å². The second-order valence-electron chi connectivity index (χ2n) is 5.42. The lowest BCUT2D eigenvalue weighted by atomic mass is 10.3. The van der Waals surface area contributed by atoms with Gasteiger partial charge in [0.1, 0.15) is 37.1 Å². The van der Waals surface area contributed by atoms with Crippen molar-refractivity contribution < 1.29 is 19.0 Å². The van der Waals surface area contributed by atoms with Gasteiger partial charge in [-0.3, -0.25) is 4.79 Å². The molecule has 0 bridgehead atoms. The number of para-hydroxylation sites is 2. The summed E-state index contributed by atoms with van der Waals surface area (Å²) >= 11 is 0. The number of nitrogens with zero attached hydrogens (tertiary/aromatic N) is 2. The summed E-state index contributed by atoms with van der Waals surface area (Å²) in [7, 11) is 0. The van der Waals surface area contributed by atoms with Crippen LogP contribution in [0.3, 0.4) is 0 Å². The van der Waals surface area contributed by atoms with Crippen molar-refractivity contribution >= 4 is 16.9 Å². The largest absolute Gasteiger partial charge is 0.492 e. The molecule has 7 heteroatoms. The number of aliphatic hydroxyl groups excluding tert-OH is 1. The fraction of sp³-hybridized carbons (Fsp3) is 0.222. The van der Waals surface area contributed by atoms with Crippen LogP contribution in [-0.2, 0) is 17.9 Å². The minimum absolute atomic E-state index is 0.0520. The Kier molecular flexibility index (Phi) is 5.25. The minimum atomic E-state index is -0.370. The Morgan fingerprint density at radius 1 is 1.24 bits per heavy atom. The van der Waals surface area contributed by atoms with E-state index in [0.717, 1.165) is 11.0 Å². The number of nitrogens with one attached hydrogen (secondary N) is 1. The van der Waals surface area contributed by atoms with Gasteiger partial charge in [0.15, 0.2) is 0 Å². The van der Waals surface area contributed by atoms with Gasteiger partial charge in [0.05, 0.1) is 17.6 Å². The molecule has 6 nitrogen and oxygen atoms in total. The van der Waals surface area contributed by atoms with Crippen LogP contribution in [0.1, 0.15) is 5.82 Å². The van der Waals surface area contributed by atoms with E-state index in [-0.39, 0.29) is 38.0 Å². The van der Waals surface area contributed by atoms with Crippen LogP contribution in [0.4, 0.5) is 4.39 Å². The van der Waals surface area contributed by atoms with E-state index in [1.807, 2.05) is 24.3 Å². The number of benzene rings is 2. The normalized spacial score (nSPS) is 10.8. The Labute approximate surface area is 143 Å². The molecule has 0 saturated heterocycles. The molecule has 0 fully saturated rings. The van der Waals surface area contributed by atoms with Gasteiger partial charge < -0.3 is 19.7 Å². The molecule has 1 aromatic heterocycles. The minimum Gasteiger partial charge on any atom is -0.492 e. The third-order valence-electron chi connectivity index (χ3n) is 3.67. The van der Waals surface area contributed by atoms with Gasteiger partial charge in [-0.2, -0.15) is 0 Å². The van der Waals surface area contributed by atoms with Crippen LogP contribution >= 0.6 is 0 Å². The van der Waals surface area contributed by atoms with Gasteiger partial charge in [-0.25, -0.2) is 9.37 Å². The average molecular weight is 343 g/mol. The monoisotopic (exact) mass is 343 g/mol. The van der Waals surface area contributed by atoms with E-state index in [9.17, 15) is 14.3 Å². The SMILES string of the molecule is O=C(Cn1c(CO)nc2ccccc21)NCCOc1cccc(F)c1. The zero-order chi connectivity index (χ0) is 17.6. The number of hydrogen-bond donors (Lipinski definition) is 2. The predicted molar refractivity (Wildman–Crippen MR) is 90.6 cm³/mol. The van der Waals surface area contributed by atoms with Crippen LogP contribution in [-0.4, -0.2) is 33.7 Å². The maximum absolute atomic E-state index is 13.0. The number of ether oxygens (including phenoxy) is 1. The first-order valence-electron chi connectivity index (χ1n) is 7.87. The number of fused-ring (bicyclic) bond motifs is 1. The van der Waals surface area contributed by atoms with Crippen molar-refractivity contribution in [2.45, 2.75) is 13.2 Å². The van der Waals surface area contributed by atoms with Gasteiger partial charge in [-0.05, 0) is 24.3 Å². The Hall–Kier alpha value is -2.93. The molecular weight excluding hydrogens is 325 g/mol.